The highest BCUT2D eigenvalue weighted by Gasteiger charge is 2.46. The normalized spacial score (nSPS) is 19.5. The van der Waals surface area contributed by atoms with Gasteiger partial charge in [0, 0.05) is 36.3 Å². The number of likely N-dealkylation sites (N-methyl/N-ethyl adjacent to an activating group) is 2. The van der Waals surface area contributed by atoms with E-state index >= 15 is 0 Å². The lowest BCUT2D eigenvalue weighted by atomic mass is 9.85. The van der Waals surface area contributed by atoms with E-state index < -0.39 is 82.7 Å². The summed E-state index contributed by atoms with van der Waals surface area (Å²) >= 11 is 0. The average Bonchev–Trinajstić information content (AvgIpc) is 3.74. The van der Waals surface area contributed by atoms with Crippen molar-refractivity contribution in [3.8, 4) is 0 Å². The van der Waals surface area contributed by atoms with E-state index in [-0.39, 0.29) is 72.8 Å². The Morgan fingerprint density at radius 3 is 1.84 bits per heavy atom. The van der Waals surface area contributed by atoms with Crippen LogP contribution in [-0.4, -0.2) is 128 Å². The molecule has 0 unspecified atom stereocenters. The number of amides is 8. The lowest BCUT2D eigenvalue weighted by Crippen LogP contribution is -2.60. The summed E-state index contributed by atoms with van der Waals surface area (Å²) in [5, 5.41) is 26.2. The van der Waals surface area contributed by atoms with Crippen LogP contribution in [0.1, 0.15) is 140 Å². The first kappa shape index (κ1) is 56.7. The second kappa shape index (κ2) is 24.8. The highest BCUT2D eigenvalue weighted by atomic mass is 16.2. The number of hydrogen-bond donors (Lipinski definition) is 9. The van der Waals surface area contributed by atoms with E-state index in [4.69, 9.17) is 0 Å². The Morgan fingerprint density at radius 2 is 1.26 bits per heavy atom. The quantitative estimate of drug-likeness (QED) is 0.0939. The van der Waals surface area contributed by atoms with Crippen LogP contribution in [0.25, 0.3) is 0 Å². The van der Waals surface area contributed by atoms with Crippen molar-refractivity contribution in [2.45, 2.75) is 163 Å². The Balaban J connectivity index is 1.51. The predicted molar refractivity (Wildman–Crippen MR) is 269 cm³/mol. The number of nitrogens with one attached hydrogen (secondary N) is 9. The number of hydrogen-bond acceptors (Lipinski definition) is 10. The number of carbonyl (C=O) groups excluding carboxylic acids is 8. The molecule has 18 nitrogen and oxygen atoms in total. The fourth-order valence-electron chi connectivity index (χ4n) is 8.41. The molecule has 2 aromatic rings. The zero-order chi connectivity index (χ0) is 52.2. The summed E-state index contributed by atoms with van der Waals surface area (Å²) in [5.41, 5.74) is 1.07. The maximum absolute atomic E-state index is 14.6. The number of fused-ring (bicyclic) bond motifs is 1. The molecule has 1 saturated heterocycles. The lowest BCUT2D eigenvalue weighted by molar-refractivity contribution is -0.144. The molecule has 9 N–H and O–H groups in total. The Morgan fingerprint density at radius 1 is 0.671 bits per heavy atom. The predicted octanol–water partition coefficient (Wildman–Crippen LogP) is 2.62. The Bertz CT molecular complexity index is 2200. The molecule has 0 aromatic heterocycles. The van der Waals surface area contributed by atoms with Crippen LogP contribution < -0.4 is 47.9 Å². The van der Waals surface area contributed by atoms with Gasteiger partial charge in [-0.2, -0.15) is 0 Å². The SMILES string of the molecule is CN[C@@H](C)C(=O)N[C@H](C(=O)N[C@@H](CCNC(=O)c1cccc(C(=O)N[C@H]2C[C@@H](C(=O)N[C@@H]3CCCc4ccccc43)N(C(=O)[C@@H](NC(=O)[C@H](C)NC)C(C)(C)C)C2)c1)C(=O)N[C@H](C)C(C)C)C(C)(C)C. The molecule has 0 spiro atoms. The molecule has 8 amide bonds. The van der Waals surface area contributed by atoms with Gasteiger partial charge in [-0.3, -0.25) is 38.4 Å². The van der Waals surface area contributed by atoms with Crippen molar-refractivity contribution in [3.63, 3.8) is 0 Å². The number of rotatable bonds is 20. The van der Waals surface area contributed by atoms with Crippen molar-refractivity contribution >= 4 is 47.3 Å². The van der Waals surface area contributed by atoms with Gasteiger partial charge in [0.15, 0.2) is 0 Å². The molecular weight excluding hydrogens is 893 g/mol. The molecule has 1 aliphatic heterocycles. The smallest absolute Gasteiger partial charge is 0.251 e. The van der Waals surface area contributed by atoms with Gasteiger partial charge >= 0.3 is 0 Å². The topological polar surface area (TPSA) is 248 Å². The minimum Gasteiger partial charge on any atom is -0.352 e. The molecule has 9 atom stereocenters. The van der Waals surface area contributed by atoms with Crippen LogP contribution in [0.4, 0.5) is 0 Å². The van der Waals surface area contributed by atoms with Crippen molar-refractivity contribution in [3.05, 3.63) is 70.8 Å². The molecule has 70 heavy (non-hydrogen) atoms. The third kappa shape index (κ3) is 15.3. The first-order valence-corrected chi connectivity index (χ1v) is 24.7. The van der Waals surface area contributed by atoms with Gasteiger partial charge in [0.05, 0.1) is 18.1 Å². The molecule has 0 radical (unpaired) electrons. The largest absolute Gasteiger partial charge is 0.352 e. The summed E-state index contributed by atoms with van der Waals surface area (Å²) in [7, 11) is 3.28. The van der Waals surface area contributed by atoms with E-state index in [0.717, 1.165) is 30.4 Å². The van der Waals surface area contributed by atoms with E-state index in [1.165, 1.54) is 11.0 Å². The van der Waals surface area contributed by atoms with Gasteiger partial charge in [-0.25, -0.2) is 0 Å². The van der Waals surface area contributed by atoms with Gasteiger partial charge in [0.1, 0.15) is 24.2 Å². The molecule has 2 aromatic carbocycles. The molecule has 2 aliphatic rings. The van der Waals surface area contributed by atoms with Crippen LogP contribution in [0.2, 0.25) is 0 Å². The lowest BCUT2D eigenvalue weighted by Gasteiger charge is -2.36. The molecule has 386 valence electrons. The Labute approximate surface area is 414 Å². The monoisotopic (exact) mass is 973 g/mol. The first-order chi connectivity index (χ1) is 32.8. The second-order valence-electron chi connectivity index (χ2n) is 21.4. The maximum Gasteiger partial charge on any atom is 0.251 e. The molecular formula is C52H80N10O8. The van der Waals surface area contributed by atoms with Crippen molar-refractivity contribution in [2.24, 2.45) is 16.7 Å². The molecule has 18 heteroatoms. The van der Waals surface area contributed by atoms with E-state index in [0.29, 0.717) is 0 Å². The van der Waals surface area contributed by atoms with Crippen molar-refractivity contribution in [2.75, 3.05) is 27.2 Å². The van der Waals surface area contributed by atoms with E-state index in [2.05, 4.69) is 53.9 Å². The van der Waals surface area contributed by atoms with Gasteiger partial charge in [-0.1, -0.05) is 85.7 Å². The number of likely N-dealkylation sites (tertiary alicyclic amines) is 1. The van der Waals surface area contributed by atoms with Crippen molar-refractivity contribution < 1.29 is 38.4 Å². The fourth-order valence-corrected chi connectivity index (χ4v) is 8.41. The van der Waals surface area contributed by atoms with Crippen LogP contribution >= 0.6 is 0 Å². The first-order valence-electron chi connectivity index (χ1n) is 24.7. The van der Waals surface area contributed by atoms with Crippen LogP contribution in [-0.2, 0) is 35.2 Å². The van der Waals surface area contributed by atoms with Crippen LogP contribution in [0, 0.1) is 16.7 Å². The fraction of sp³-hybridized carbons (Fsp3) is 0.615. The standard InChI is InChI=1S/C52H80N10O8/c1-29(2)30(3)56-47(67)39(59-49(69)41(51(6,7)8)60-43(63)31(4)53-12)24-25-55-45(65)34-20-16-21-35(26-34)46(66)57-36-27-40(48(68)58-38-23-17-19-33-18-14-15-22-37(33)38)62(28-36)50(70)42(52(9,10)11)61-44(64)32(5)54-13/h14-16,18,20-22,26,29-32,36,38-42,53-54H,17,19,23-25,27-28H2,1-13H3,(H,55,65)(H,56,67)(H,57,66)(H,58,68)(H,59,69)(H,60,63)(H,61,64)/t30-,31+,32+,36+,38-,39+,40+,41-,42-/m1/s1. The van der Waals surface area contributed by atoms with Gasteiger partial charge in [0.2, 0.25) is 35.4 Å². The number of nitrogens with zero attached hydrogens (tertiary/aromatic N) is 1. The number of aryl methyl sites for hydroxylation is 1. The minimum absolute atomic E-state index is 0.00666. The molecule has 1 aliphatic carbocycles. The molecule has 1 fully saturated rings. The van der Waals surface area contributed by atoms with Gasteiger partial charge in [0.25, 0.3) is 11.8 Å². The summed E-state index contributed by atoms with van der Waals surface area (Å²) < 4.78 is 0. The number of carbonyl (C=O) groups is 8. The third-order valence-corrected chi connectivity index (χ3v) is 13.5. The second-order valence-corrected chi connectivity index (χ2v) is 21.4. The maximum atomic E-state index is 14.6. The van der Waals surface area contributed by atoms with Crippen LogP contribution in [0.15, 0.2) is 48.5 Å². The zero-order valence-electron chi connectivity index (χ0n) is 43.6. The summed E-state index contributed by atoms with van der Waals surface area (Å²) in [6.07, 6.45) is 2.64. The van der Waals surface area contributed by atoms with Crippen LogP contribution in [0.3, 0.4) is 0 Å². The van der Waals surface area contributed by atoms with Crippen molar-refractivity contribution in [1.82, 2.24) is 52.8 Å². The molecule has 0 bridgehead atoms. The Hall–Kier alpha value is -5.88. The van der Waals surface area contributed by atoms with E-state index in [9.17, 15) is 38.4 Å². The number of benzene rings is 2. The summed E-state index contributed by atoms with van der Waals surface area (Å²) in [5.74, 6) is -3.51. The van der Waals surface area contributed by atoms with Gasteiger partial charge in [-0.05, 0) is 113 Å². The highest BCUT2D eigenvalue weighted by molar-refractivity contribution is 6.00. The summed E-state index contributed by atoms with van der Waals surface area (Å²) in [6, 6.07) is 7.79. The van der Waals surface area contributed by atoms with Crippen LogP contribution in [0.5, 0.6) is 0 Å². The minimum atomic E-state index is -1.07. The Kier molecular flexibility index (Phi) is 20.1. The molecule has 0 saturated carbocycles. The third-order valence-electron chi connectivity index (χ3n) is 13.5. The molecule has 4 rings (SSSR count). The van der Waals surface area contributed by atoms with Crippen molar-refractivity contribution in [1.29, 1.82) is 0 Å². The molecule has 1 heterocycles. The summed E-state index contributed by atoms with van der Waals surface area (Å²) in [4.78, 5) is 111. The van der Waals surface area contributed by atoms with E-state index in [1.54, 1.807) is 46.1 Å². The summed E-state index contributed by atoms with van der Waals surface area (Å²) in [6.45, 7) is 20.0. The van der Waals surface area contributed by atoms with Gasteiger partial charge < -0.3 is 52.8 Å². The highest BCUT2D eigenvalue weighted by Crippen LogP contribution is 2.32. The van der Waals surface area contributed by atoms with Gasteiger partial charge in [-0.15, -0.1) is 0 Å². The zero-order valence-corrected chi connectivity index (χ0v) is 43.6. The average molecular weight is 973 g/mol. The van der Waals surface area contributed by atoms with E-state index in [1.807, 2.05) is 80.5 Å².